The minimum atomic E-state index is -1.16. The molecule has 1 saturated heterocycles. The lowest BCUT2D eigenvalue weighted by Gasteiger charge is -2.16. The highest BCUT2D eigenvalue weighted by atomic mass is 79.9. The quantitative estimate of drug-likeness (QED) is 0.628. The third kappa shape index (κ3) is 2.18. The highest BCUT2D eigenvalue weighted by Crippen LogP contribution is 2.33. The number of fused-ring (bicyclic) bond motifs is 1. The molecular weight excluding hydrogens is 398 g/mol. The van der Waals surface area contributed by atoms with Crippen molar-refractivity contribution in [1.29, 1.82) is 0 Å². The van der Waals surface area contributed by atoms with Crippen LogP contribution in [0.5, 0.6) is 0 Å². The molecule has 108 valence electrons. The van der Waals surface area contributed by atoms with Crippen molar-refractivity contribution in [1.82, 2.24) is 14.5 Å². The van der Waals surface area contributed by atoms with Gasteiger partial charge in [0, 0.05) is 4.47 Å². The van der Waals surface area contributed by atoms with Crippen LogP contribution in [0.3, 0.4) is 0 Å². The molecule has 0 radical (unpaired) electrons. The summed E-state index contributed by atoms with van der Waals surface area (Å²) in [6.07, 6.45) is -2.51. The number of aromatic nitrogens is 3. The molecule has 20 heavy (non-hydrogen) atoms. The summed E-state index contributed by atoms with van der Waals surface area (Å²) in [6, 6.07) is 1.76. The molecule has 0 unspecified atom stereocenters. The fourth-order valence-electron chi connectivity index (χ4n) is 2.24. The molecule has 1 aliphatic rings. The molecule has 0 bridgehead atoms. The molecule has 1 aliphatic heterocycles. The number of ether oxygens (including phenoxy) is 1. The number of rotatable bonds is 2. The summed E-state index contributed by atoms with van der Waals surface area (Å²) in [5, 5.41) is 29.0. The van der Waals surface area contributed by atoms with Crippen LogP contribution in [0.15, 0.2) is 21.5 Å². The van der Waals surface area contributed by atoms with Crippen LogP contribution in [-0.4, -0.2) is 54.8 Å². The number of imidazole rings is 1. The lowest BCUT2D eigenvalue weighted by atomic mass is 10.1. The first kappa shape index (κ1) is 14.4. The van der Waals surface area contributed by atoms with E-state index in [-0.39, 0.29) is 6.61 Å². The molecule has 0 spiro atoms. The first-order valence-corrected chi connectivity index (χ1v) is 7.42. The molecule has 0 aliphatic carbocycles. The van der Waals surface area contributed by atoms with E-state index in [9.17, 15) is 10.2 Å². The van der Waals surface area contributed by atoms with E-state index in [0.29, 0.717) is 15.8 Å². The fraction of sp³-hybridized carbons (Fsp3) is 0.455. The maximum atomic E-state index is 10.0. The number of nitrogens with zero attached hydrogens (tertiary/aromatic N) is 3. The summed E-state index contributed by atoms with van der Waals surface area (Å²) in [5.74, 6) is 0. The van der Waals surface area contributed by atoms with Crippen LogP contribution in [0.4, 0.5) is 0 Å². The number of hydrogen-bond acceptors (Lipinski definition) is 6. The molecule has 3 N–H and O–H groups in total. The Hall–Kier alpha value is -0.580. The smallest absolute Gasteiger partial charge is 0.165 e. The van der Waals surface area contributed by atoms with Gasteiger partial charge < -0.3 is 20.1 Å². The Balaban J connectivity index is 2.07. The van der Waals surface area contributed by atoms with E-state index in [4.69, 9.17) is 9.84 Å². The average Bonchev–Trinajstić information content (AvgIpc) is 2.93. The Bertz CT molecular complexity index is 650. The van der Waals surface area contributed by atoms with Crippen molar-refractivity contribution in [3.8, 4) is 0 Å². The number of aliphatic hydroxyl groups is 3. The molecule has 2 aromatic rings. The lowest BCUT2D eigenvalue weighted by molar-refractivity contribution is -0.0511. The lowest BCUT2D eigenvalue weighted by Crippen LogP contribution is -2.33. The van der Waals surface area contributed by atoms with Crippen molar-refractivity contribution in [3.63, 3.8) is 0 Å². The van der Waals surface area contributed by atoms with E-state index in [0.717, 1.165) is 4.47 Å². The van der Waals surface area contributed by atoms with Crippen molar-refractivity contribution in [2.45, 2.75) is 24.5 Å². The highest BCUT2D eigenvalue weighted by molar-refractivity contribution is 9.11. The number of hydrogen-bond donors (Lipinski definition) is 3. The predicted octanol–water partition coefficient (Wildman–Crippen LogP) is 0.568. The van der Waals surface area contributed by atoms with Gasteiger partial charge in [-0.05, 0) is 37.9 Å². The van der Waals surface area contributed by atoms with Gasteiger partial charge in [0.2, 0.25) is 0 Å². The topological polar surface area (TPSA) is 101 Å². The maximum Gasteiger partial charge on any atom is 0.165 e. The Morgan fingerprint density at radius 3 is 2.70 bits per heavy atom. The van der Waals surface area contributed by atoms with Gasteiger partial charge in [0.25, 0.3) is 0 Å². The number of halogens is 2. The predicted molar refractivity (Wildman–Crippen MR) is 75.9 cm³/mol. The molecule has 9 heteroatoms. The van der Waals surface area contributed by atoms with E-state index in [1.54, 1.807) is 6.07 Å². The second kappa shape index (κ2) is 5.32. The van der Waals surface area contributed by atoms with Crippen molar-refractivity contribution in [3.05, 3.63) is 21.5 Å². The largest absolute Gasteiger partial charge is 0.394 e. The first-order chi connectivity index (χ1) is 9.52. The van der Waals surface area contributed by atoms with E-state index < -0.39 is 24.5 Å². The van der Waals surface area contributed by atoms with E-state index in [1.807, 2.05) is 0 Å². The summed E-state index contributed by atoms with van der Waals surface area (Å²) in [4.78, 5) is 8.52. The first-order valence-electron chi connectivity index (χ1n) is 5.84. The van der Waals surface area contributed by atoms with Crippen LogP contribution in [0.2, 0.25) is 0 Å². The Kier molecular flexibility index (Phi) is 3.82. The maximum absolute atomic E-state index is 10.0. The summed E-state index contributed by atoms with van der Waals surface area (Å²) in [6.45, 7) is -0.373. The van der Waals surface area contributed by atoms with Gasteiger partial charge in [0.1, 0.15) is 28.4 Å². The van der Waals surface area contributed by atoms with Crippen molar-refractivity contribution < 1.29 is 20.1 Å². The number of aliphatic hydroxyl groups excluding tert-OH is 3. The fourth-order valence-corrected chi connectivity index (χ4v) is 3.44. The molecular formula is C11H11Br2N3O4. The standard InChI is InChI=1S/C11H11Br2N3O4/c12-4-1-6(13)15-10-7(4)14-3-16(10)11-9(19)8(18)5(2-17)20-11/h1,3,5,8-9,11,17-19H,2H2/t5-,8-,9-,11-/m1/s1. The Morgan fingerprint density at radius 2 is 2.05 bits per heavy atom. The van der Waals surface area contributed by atoms with Gasteiger partial charge in [-0.1, -0.05) is 0 Å². The molecule has 3 heterocycles. The molecule has 0 saturated carbocycles. The third-order valence-electron chi connectivity index (χ3n) is 3.24. The summed E-state index contributed by atoms with van der Waals surface area (Å²) >= 11 is 6.67. The minimum absolute atomic E-state index is 0.373. The van der Waals surface area contributed by atoms with Crippen LogP contribution in [0.25, 0.3) is 11.2 Å². The number of pyridine rings is 1. The van der Waals surface area contributed by atoms with Crippen molar-refractivity contribution >= 4 is 43.0 Å². The average molecular weight is 409 g/mol. The van der Waals surface area contributed by atoms with Gasteiger partial charge in [-0.25, -0.2) is 9.97 Å². The third-order valence-corrected chi connectivity index (χ3v) is 4.25. The molecule has 0 amide bonds. The monoisotopic (exact) mass is 407 g/mol. The van der Waals surface area contributed by atoms with Crippen LogP contribution >= 0.6 is 31.9 Å². The SMILES string of the molecule is OC[C@H]1O[C@@H](n2cnc3c(Br)cc(Br)nc32)[C@H](O)[C@@H]1O. The van der Waals surface area contributed by atoms with Gasteiger partial charge in [0.15, 0.2) is 11.9 Å². The highest BCUT2D eigenvalue weighted by Gasteiger charge is 2.43. The zero-order valence-corrected chi connectivity index (χ0v) is 13.2. The van der Waals surface area contributed by atoms with E-state index >= 15 is 0 Å². The minimum Gasteiger partial charge on any atom is -0.394 e. The van der Waals surface area contributed by atoms with E-state index in [1.165, 1.54) is 10.9 Å². The second-order valence-corrected chi connectivity index (χ2v) is 6.15. The summed E-state index contributed by atoms with van der Waals surface area (Å²) < 4.78 is 8.36. The molecule has 4 atom stereocenters. The normalized spacial score (nSPS) is 30.2. The molecule has 3 rings (SSSR count). The second-order valence-electron chi connectivity index (χ2n) is 4.48. The van der Waals surface area contributed by atoms with Gasteiger partial charge >= 0.3 is 0 Å². The summed E-state index contributed by atoms with van der Waals surface area (Å²) in [7, 11) is 0. The van der Waals surface area contributed by atoms with Gasteiger partial charge in [-0.2, -0.15) is 0 Å². The summed E-state index contributed by atoms with van der Waals surface area (Å²) in [5.41, 5.74) is 1.12. The zero-order valence-electron chi connectivity index (χ0n) is 10.0. The van der Waals surface area contributed by atoms with Gasteiger partial charge in [-0.3, -0.25) is 4.57 Å². The van der Waals surface area contributed by atoms with Gasteiger partial charge in [0.05, 0.1) is 12.9 Å². The molecule has 7 nitrogen and oxygen atoms in total. The molecule has 2 aromatic heterocycles. The van der Waals surface area contributed by atoms with E-state index in [2.05, 4.69) is 41.8 Å². The van der Waals surface area contributed by atoms with Crippen LogP contribution < -0.4 is 0 Å². The van der Waals surface area contributed by atoms with Crippen LogP contribution in [0, 0.1) is 0 Å². The van der Waals surface area contributed by atoms with Crippen LogP contribution in [-0.2, 0) is 4.74 Å². The van der Waals surface area contributed by atoms with Crippen molar-refractivity contribution in [2.75, 3.05) is 6.61 Å². The van der Waals surface area contributed by atoms with Gasteiger partial charge in [-0.15, -0.1) is 0 Å². The van der Waals surface area contributed by atoms with Crippen LogP contribution in [0.1, 0.15) is 6.23 Å². The molecule has 1 fully saturated rings. The Morgan fingerprint density at radius 1 is 1.30 bits per heavy atom. The molecule has 0 aromatic carbocycles. The Labute approximate surface area is 130 Å². The van der Waals surface area contributed by atoms with Crippen molar-refractivity contribution in [2.24, 2.45) is 0 Å². The zero-order chi connectivity index (χ0) is 14.4.